The van der Waals surface area contributed by atoms with Crippen LogP contribution in [-0.2, 0) is 0 Å². The summed E-state index contributed by atoms with van der Waals surface area (Å²) in [5.74, 6) is 1.55. The maximum Gasteiger partial charge on any atom is 0.161 e. The maximum absolute atomic E-state index is 5.35. The molecular formula is C16H25NO2. The Morgan fingerprint density at radius 2 is 1.89 bits per heavy atom. The molecule has 3 nitrogen and oxygen atoms in total. The van der Waals surface area contributed by atoms with Crippen LogP contribution >= 0.6 is 0 Å². The van der Waals surface area contributed by atoms with Crippen LogP contribution < -0.4 is 14.8 Å². The van der Waals surface area contributed by atoms with E-state index in [1.54, 1.807) is 14.2 Å². The summed E-state index contributed by atoms with van der Waals surface area (Å²) in [5, 5.41) is 3.53. The van der Waals surface area contributed by atoms with Gasteiger partial charge in [0.1, 0.15) is 0 Å². The Hall–Kier alpha value is -1.48. The lowest BCUT2D eigenvalue weighted by atomic mass is 10.0. The van der Waals surface area contributed by atoms with E-state index in [0.29, 0.717) is 6.04 Å². The van der Waals surface area contributed by atoms with Crippen molar-refractivity contribution in [2.24, 2.45) is 0 Å². The molecule has 1 N–H and O–H groups in total. The zero-order chi connectivity index (χ0) is 14.3. The Morgan fingerprint density at radius 3 is 2.42 bits per heavy atom. The molecule has 19 heavy (non-hydrogen) atoms. The van der Waals surface area contributed by atoms with Gasteiger partial charge in [0.2, 0.25) is 0 Å². The van der Waals surface area contributed by atoms with Gasteiger partial charge in [0.15, 0.2) is 11.5 Å². The Bertz CT molecular complexity index is 423. The maximum atomic E-state index is 5.35. The van der Waals surface area contributed by atoms with Crippen molar-refractivity contribution in [3.05, 3.63) is 35.4 Å². The highest BCUT2D eigenvalue weighted by Crippen LogP contribution is 2.30. The summed E-state index contributed by atoms with van der Waals surface area (Å²) in [6, 6.07) is 6.42. The molecule has 0 saturated heterocycles. The first kappa shape index (κ1) is 15.6. The van der Waals surface area contributed by atoms with Crippen LogP contribution in [0.25, 0.3) is 0 Å². The summed E-state index contributed by atoms with van der Waals surface area (Å²) >= 11 is 0. The first-order chi connectivity index (χ1) is 9.12. The third kappa shape index (κ3) is 4.60. The van der Waals surface area contributed by atoms with E-state index in [4.69, 9.17) is 9.47 Å². The van der Waals surface area contributed by atoms with Crippen molar-refractivity contribution >= 4 is 0 Å². The first-order valence-corrected chi connectivity index (χ1v) is 6.71. The van der Waals surface area contributed by atoms with Crippen LogP contribution in [0.1, 0.15) is 38.8 Å². The number of hydrogen-bond acceptors (Lipinski definition) is 3. The second-order valence-corrected chi connectivity index (χ2v) is 4.76. The molecule has 0 amide bonds. The molecule has 1 rings (SSSR count). The molecule has 0 aliphatic heterocycles. The zero-order valence-electron chi connectivity index (χ0n) is 12.6. The molecule has 0 bridgehead atoms. The highest BCUT2D eigenvalue weighted by Gasteiger charge is 2.11. The van der Waals surface area contributed by atoms with Crippen molar-refractivity contribution in [3.63, 3.8) is 0 Å². The van der Waals surface area contributed by atoms with Gasteiger partial charge in [0.25, 0.3) is 0 Å². The normalized spacial score (nSPS) is 11.8. The number of ether oxygens (including phenoxy) is 2. The number of rotatable bonds is 7. The third-order valence-electron chi connectivity index (χ3n) is 3.09. The molecule has 0 radical (unpaired) electrons. The topological polar surface area (TPSA) is 30.5 Å². The number of benzene rings is 1. The van der Waals surface area contributed by atoms with E-state index in [0.717, 1.165) is 24.5 Å². The van der Waals surface area contributed by atoms with Crippen LogP contribution in [0.5, 0.6) is 11.5 Å². The monoisotopic (exact) mass is 263 g/mol. The van der Waals surface area contributed by atoms with Gasteiger partial charge in [-0.05, 0) is 38.0 Å². The largest absolute Gasteiger partial charge is 0.493 e. The van der Waals surface area contributed by atoms with Gasteiger partial charge in [-0.2, -0.15) is 0 Å². The molecule has 0 fully saturated rings. The standard InChI is InChI=1S/C16H25NO2/c1-6-14(17-10-9-12(2)3)13-7-8-15(18-4)16(11-13)19-5/h7-9,11,14,17H,6,10H2,1-5H3. The SMILES string of the molecule is CCC(NCC=C(C)C)c1ccc(OC)c(OC)c1. The predicted octanol–water partition coefficient (Wildman–Crippen LogP) is 3.71. The summed E-state index contributed by atoms with van der Waals surface area (Å²) < 4.78 is 10.6. The van der Waals surface area contributed by atoms with Crippen LogP contribution in [0.4, 0.5) is 0 Å². The third-order valence-corrected chi connectivity index (χ3v) is 3.09. The van der Waals surface area contributed by atoms with E-state index in [1.807, 2.05) is 12.1 Å². The molecular weight excluding hydrogens is 238 g/mol. The molecule has 0 heterocycles. The van der Waals surface area contributed by atoms with Crippen LogP contribution in [-0.4, -0.2) is 20.8 Å². The summed E-state index contributed by atoms with van der Waals surface area (Å²) in [6.07, 6.45) is 3.23. The van der Waals surface area contributed by atoms with E-state index in [1.165, 1.54) is 11.1 Å². The molecule has 1 aromatic rings. The molecule has 0 spiro atoms. The van der Waals surface area contributed by atoms with Crippen LogP contribution in [0, 0.1) is 0 Å². The molecule has 0 aliphatic carbocycles. The van der Waals surface area contributed by atoms with Crippen LogP contribution in [0.15, 0.2) is 29.8 Å². The first-order valence-electron chi connectivity index (χ1n) is 6.71. The smallest absolute Gasteiger partial charge is 0.161 e. The van der Waals surface area contributed by atoms with E-state index in [-0.39, 0.29) is 0 Å². The van der Waals surface area contributed by atoms with Gasteiger partial charge in [-0.1, -0.05) is 24.6 Å². The average Bonchev–Trinajstić information content (AvgIpc) is 2.42. The van der Waals surface area contributed by atoms with Crippen LogP contribution in [0.2, 0.25) is 0 Å². The van der Waals surface area contributed by atoms with Crippen molar-refractivity contribution in [1.82, 2.24) is 5.32 Å². The molecule has 1 unspecified atom stereocenters. The fourth-order valence-corrected chi connectivity index (χ4v) is 1.97. The van der Waals surface area contributed by atoms with Gasteiger partial charge in [0.05, 0.1) is 14.2 Å². The van der Waals surface area contributed by atoms with E-state index < -0.39 is 0 Å². The molecule has 0 saturated carbocycles. The lowest BCUT2D eigenvalue weighted by Crippen LogP contribution is -2.21. The summed E-state index contributed by atoms with van der Waals surface area (Å²) in [5.41, 5.74) is 2.55. The van der Waals surface area contributed by atoms with Gasteiger partial charge in [0, 0.05) is 12.6 Å². The predicted molar refractivity (Wildman–Crippen MR) is 80.0 cm³/mol. The molecule has 1 aromatic carbocycles. The fourth-order valence-electron chi connectivity index (χ4n) is 1.97. The number of allylic oxidation sites excluding steroid dienone is 1. The number of hydrogen-bond donors (Lipinski definition) is 1. The van der Waals surface area contributed by atoms with Crippen LogP contribution in [0.3, 0.4) is 0 Å². The second kappa shape index (κ2) is 7.85. The second-order valence-electron chi connectivity index (χ2n) is 4.76. The van der Waals surface area contributed by atoms with Crippen molar-refractivity contribution in [2.75, 3.05) is 20.8 Å². The quantitative estimate of drug-likeness (QED) is 0.761. The molecule has 1 atom stereocenters. The lowest BCUT2D eigenvalue weighted by Gasteiger charge is -2.18. The molecule has 106 valence electrons. The Kier molecular flexibility index (Phi) is 6.43. The van der Waals surface area contributed by atoms with Crippen molar-refractivity contribution in [1.29, 1.82) is 0 Å². The Balaban J connectivity index is 2.83. The van der Waals surface area contributed by atoms with Gasteiger partial charge < -0.3 is 14.8 Å². The average molecular weight is 263 g/mol. The van der Waals surface area contributed by atoms with Gasteiger partial charge in [-0.15, -0.1) is 0 Å². The highest BCUT2D eigenvalue weighted by molar-refractivity contribution is 5.43. The van der Waals surface area contributed by atoms with Crippen molar-refractivity contribution in [3.8, 4) is 11.5 Å². The van der Waals surface area contributed by atoms with Gasteiger partial charge in [-0.25, -0.2) is 0 Å². The van der Waals surface area contributed by atoms with Gasteiger partial charge in [-0.3, -0.25) is 0 Å². The number of methoxy groups -OCH3 is 2. The summed E-state index contributed by atoms with van der Waals surface area (Å²) in [4.78, 5) is 0. The van der Waals surface area contributed by atoms with Crippen molar-refractivity contribution in [2.45, 2.75) is 33.2 Å². The Labute approximate surface area is 116 Å². The van der Waals surface area contributed by atoms with Crippen molar-refractivity contribution < 1.29 is 9.47 Å². The summed E-state index contributed by atoms with van der Waals surface area (Å²) in [7, 11) is 3.32. The minimum atomic E-state index is 0.329. The summed E-state index contributed by atoms with van der Waals surface area (Å²) in [6.45, 7) is 7.28. The molecule has 0 aromatic heterocycles. The minimum absolute atomic E-state index is 0.329. The highest BCUT2D eigenvalue weighted by atomic mass is 16.5. The molecule has 3 heteroatoms. The zero-order valence-corrected chi connectivity index (χ0v) is 12.6. The van der Waals surface area contributed by atoms with E-state index in [9.17, 15) is 0 Å². The van der Waals surface area contributed by atoms with E-state index >= 15 is 0 Å². The number of nitrogens with one attached hydrogen (secondary N) is 1. The fraction of sp³-hybridized carbons (Fsp3) is 0.500. The molecule has 0 aliphatic rings. The lowest BCUT2D eigenvalue weighted by molar-refractivity contribution is 0.353. The van der Waals surface area contributed by atoms with E-state index in [2.05, 4.69) is 38.2 Å². The minimum Gasteiger partial charge on any atom is -0.493 e. The Morgan fingerprint density at radius 1 is 1.21 bits per heavy atom. The van der Waals surface area contributed by atoms with Gasteiger partial charge >= 0.3 is 0 Å².